The lowest BCUT2D eigenvalue weighted by Gasteiger charge is -2.02. The van der Waals surface area contributed by atoms with Gasteiger partial charge in [0.1, 0.15) is 0 Å². The van der Waals surface area contributed by atoms with Gasteiger partial charge in [-0.15, -0.1) is 0 Å². The van der Waals surface area contributed by atoms with Crippen molar-refractivity contribution >= 4 is 23.5 Å². The molecule has 0 heterocycles. The predicted molar refractivity (Wildman–Crippen MR) is 110 cm³/mol. The average Bonchev–Trinajstić information content (AvgIpc) is 2.72. The minimum absolute atomic E-state index is 0.0367. The average molecular weight is 336 g/mol. The molecule has 0 aliphatic rings. The largest absolute Gasteiger partial charge is 0.290 e. The Hall–Kier alpha value is -3.45. The normalized spacial score (nSPS) is 11.9. The highest BCUT2D eigenvalue weighted by atomic mass is 16.1. The molecule has 1 heteroatoms. The van der Waals surface area contributed by atoms with Gasteiger partial charge in [0.05, 0.1) is 0 Å². The van der Waals surface area contributed by atoms with Gasteiger partial charge in [0.15, 0.2) is 5.78 Å². The Balaban J connectivity index is 1.85. The van der Waals surface area contributed by atoms with Crippen molar-refractivity contribution in [3.63, 3.8) is 0 Å². The Morgan fingerprint density at radius 1 is 0.577 bits per heavy atom. The summed E-state index contributed by atoms with van der Waals surface area (Å²) in [6.07, 6.45) is 9.12. The van der Waals surface area contributed by atoms with Gasteiger partial charge in [0.25, 0.3) is 0 Å². The van der Waals surface area contributed by atoms with E-state index in [2.05, 4.69) is 0 Å². The van der Waals surface area contributed by atoms with Gasteiger partial charge in [-0.2, -0.15) is 0 Å². The number of carbonyl (C=O) groups excluding carboxylic acids is 1. The van der Waals surface area contributed by atoms with Crippen molar-refractivity contribution in [2.75, 3.05) is 0 Å². The first-order valence-corrected chi connectivity index (χ1v) is 8.58. The summed E-state index contributed by atoms with van der Waals surface area (Å²) in [6, 6.07) is 29.8. The quantitative estimate of drug-likeness (QED) is 0.394. The smallest absolute Gasteiger partial charge is 0.179 e. The van der Waals surface area contributed by atoms with Gasteiger partial charge in [-0.3, -0.25) is 4.79 Å². The SMILES string of the molecule is O=C(/C=C/c1ccccc1)/C=C(\C=C\c1ccccc1)c1ccccc1. The summed E-state index contributed by atoms with van der Waals surface area (Å²) in [4.78, 5) is 12.4. The fourth-order valence-electron chi connectivity index (χ4n) is 2.55. The third-order valence-corrected chi connectivity index (χ3v) is 3.90. The van der Waals surface area contributed by atoms with Gasteiger partial charge in [0.2, 0.25) is 0 Å². The number of ketones is 1. The zero-order valence-corrected chi connectivity index (χ0v) is 14.5. The van der Waals surface area contributed by atoms with Crippen molar-refractivity contribution in [3.8, 4) is 0 Å². The van der Waals surface area contributed by atoms with Crippen LogP contribution in [0.3, 0.4) is 0 Å². The van der Waals surface area contributed by atoms with Gasteiger partial charge in [0, 0.05) is 0 Å². The molecular weight excluding hydrogens is 316 g/mol. The molecule has 3 rings (SSSR count). The molecule has 0 atom stereocenters. The molecule has 0 aliphatic carbocycles. The van der Waals surface area contributed by atoms with Gasteiger partial charge in [-0.1, -0.05) is 109 Å². The maximum atomic E-state index is 12.4. The minimum atomic E-state index is -0.0367. The summed E-state index contributed by atoms with van der Waals surface area (Å²) in [5.74, 6) is -0.0367. The molecule has 1 nitrogen and oxygen atoms in total. The van der Waals surface area contributed by atoms with E-state index in [-0.39, 0.29) is 5.78 Å². The maximum Gasteiger partial charge on any atom is 0.179 e. The van der Waals surface area contributed by atoms with Crippen molar-refractivity contribution < 1.29 is 4.79 Å². The summed E-state index contributed by atoms with van der Waals surface area (Å²) < 4.78 is 0. The Bertz CT molecular complexity index is 918. The van der Waals surface area contributed by atoms with E-state index < -0.39 is 0 Å². The molecule has 0 radical (unpaired) electrons. The summed E-state index contributed by atoms with van der Waals surface area (Å²) in [7, 11) is 0. The van der Waals surface area contributed by atoms with Gasteiger partial charge in [-0.05, 0) is 34.4 Å². The third kappa shape index (κ3) is 5.29. The van der Waals surface area contributed by atoms with E-state index in [9.17, 15) is 4.79 Å². The second-order valence-corrected chi connectivity index (χ2v) is 5.86. The second-order valence-electron chi connectivity index (χ2n) is 5.86. The molecule has 0 saturated heterocycles. The highest BCUT2D eigenvalue weighted by molar-refractivity contribution is 6.07. The van der Waals surface area contributed by atoms with Crippen LogP contribution in [0.2, 0.25) is 0 Å². The van der Waals surface area contributed by atoms with Crippen molar-refractivity contribution in [1.29, 1.82) is 0 Å². The summed E-state index contributed by atoms with van der Waals surface area (Å²) in [5.41, 5.74) is 4.01. The van der Waals surface area contributed by atoms with Gasteiger partial charge >= 0.3 is 0 Å². The zero-order valence-electron chi connectivity index (χ0n) is 14.5. The Morgan fingerprint density at radius 2 is 1.04 bits per heavy atom. The molecule has 0 bridgehead atoms. The van der Waals surface area contributed by atoms with Gasteiger partial charge < -0.3 is 0 Å². The van der Waals surface area contributed by atoms with E-state index in [0.29, 0.717) is 0 Å². The Kier molecular flexibility index (Phi) is 6.11. The molecule has 3 aromatic carbocycles. The molecule has 0 N–H and O–H groups in total. The van der Waals surface area contributed by atoms with E-state index in [0.717, 1.165) is 22.3 Å². The monoisotopic (exact) mass is 336 g/mol. The van der Waals surface area contributed by atoms with Crippen molar-refractivity contribution in [2.45, 2.75) is 0 Å². The van der Waals surface area contributed by atoms with E-state index >= 15 is 0 Å². The van der Waals surface area contributed by atoms with E-state index in [4.69, 9.17) is 0 Å². The van der Waals surface area contributed by atoms with Crippen LogP contribution in [0.4, 0.5) is 0 Å². The number of benzene rings is 3. The van der Waals surface area contributed by atoms with E-state index in [1.165, 1.54) is 0 Å². The molecule has 0 unspecified atom stereocenters. The minimum Gasteiger partial charge on any atom is -0.290 e. The number of allylic oxidation sites excluding steroid dienone is 4. The molecular formula is C25H20O. The summed E-state index contributed by atoms with van der Waals surface area (Å²) in [6.45, 7) is 0. The number of carbonyl (C=O) groups is 1. The Labute approximate surface area is 154 Å². The number of hydrogen-bond acceptors (Lipinski definition) is 1. The lowest BCUT2D eigenvalue weighted by molar-refractivity contribution is -0.110. The molecule has 0 fully saturated rings. The van der Waals surface area contributed by atoms with Crippen LogP contribution in [0.1, 0.15) is 16.7 Å². The van der Waals surface area contributed by atoms with Crippen LogP contribution in [0.5, 0.6) is 0 Å². The highest BCUT2D eigenvalue weighted by Crippen LogP contribution is 2.18. The van der Waals surface area contributed by atoms with Crippen molar-refractivity contribution in [3.05, 3.63) is 126 Å². The molecule has 3 aromatic rings. The van der Waals surface area contributed by atoms with Crippen LogP contribution >= 0.6 is 0 Å². The molecule has 126 valence electrons. The molecule has 0 spiro atoms. The predicted octanol–water partition coefficient (Wildman–Crippen LogP) is 6.07. The van der Waals surface area contributed by atoms with Crippen LogP contribution < -0.4 is 0 Å². The van der Waals surface area contributed by atoms with Crippen LogP contribution in [0.25, 0.3) is 17.7 Å². The first-order chi connectivity index (χ1) is 12.8. The Morgan fingerprint density at radius 3 is 1.58 bits per heavy atom. The topological polar surface area (TPSA) is 17.1 Å². The fourth-order valence-corrected chi connectivity index (χ4v) is 2.55. The molecule has 0 aliphatic heterocycles. The van der Waals surface area contributed by atoms with Crippen LogP contribution in [0.15, 0.2) is 109 Å². The van der Waals surface area contributed by atoms with Crippen molar-refractivity contribution in [1.82, 2.24) is 0 Å². The highest BCUT2D eigenvalue weighted by Gasteiger charge is 2.00. The molecule has 0 saturated carbocycles. The molecule has 26 heavy (non-hydrogen) atoms. The lowest BCUT2D eigenvalue weighted by atomic mass is 10.0. The molecule has 0 amide bonds. The summed E-state index contributed by atoms with van der Waals surface area (Å²) in [5, 5.41) is 0. The van der Waals surface area contributed by atoms with Crippen LogP contribution in [-0.4, -0.2) is 5.78 Å². The fraction of sp³-hybridized carbons (Fsp3) is 0. The molecule has 0 aromatic heterocycles. The van der Waals surface area contributed by atoms with Gasteiger partial charge in [-0.25, -0.2) is 0 Å². The maximum absolute atomic E-state index is 12.4. The zero-order chi connectivity index (χ0) is 18.0. The number of hydrogen-bond donors (Lipinski definition) is 0. The number of rotatable bonds is 6. The van der Waals surface area contributed by atoms with E-state index in [1.54, 1.807) is 12.2 Å². The summed E-state index contributed by atoms with van der Waals surface area (Å²) >= 11 is 0. The van der Waals surface area contributed by atoms with Crippen LogP contribution in [0, 0.1) is 0 Å². The standard InChI is InChI=1S/C25H20O/c26-25(19-17-22-12-6-2-7-13-22)20-24(23-14-8-3-9-15-23)18-16-21-10-4-1-5-11-21/h1-20H/b18-16+,19-17+,24-20+. The second kappa shape index (κ2) is 9.14. The lowest BCUT2D eigenvalue weighted by Crippen LogP contribution is -1.90. The first kappa shape index (κ1) is 17.4. The van der Waals surface area contributed by atoms with Crippen molar-refractivity contribution in [2.24, 2.45) is 0 Å². The van der Waals surface area contributed by atoms with Crippen LogP contribution in [-0.2, 0) is 4.79 Å². The first-order valence-electron chi connectivity index (χ1n) is 8.58. The van der Waals surface area contributed by atoms with E-state index in [1.807, 2.05) is 109 Å². The third-order valence-electron chi connectivity index (χ3n) is 3.90.